The molecule has 0 N–H and O–H groups in total. The summed E-state index contributed by atoms with van der Waals surface area (Å²) in [5.41, 5.74) is 1.73. The minimum Gasteiger partial charge on any atom is -0.495 e. The molecule has 0 aliphatic rings. The molecule has 0 spiro atoms. The summed E-state index contributed by atoms with van der Waals surface area (Å²) in [6.45, 7) is 0. The molecule has 0 amide bonds. The number of hydrogen-bond acceptors (Lipinski definition) is 2. The van der Waals surface area contributed by atoms with Crippen molar-refractivity contribution in [3.05, 3.63) is 95.2 Å². The van der Waals surface area contributed by atoms with E-state index in [9.17, 15) is 17.6 Å². The molecule has 0 atom stereocenters. The first-order chi connectivity index (χ1) is 14.5. The molecular weight excluding hydrogens is 394 g/mol. The molecule has 0 aliphatic carbocycles. The minimum atomic E-state index is -1.52. The Morgan fingerprint density at radius 1 is 0.800 bits per heavy atom. The standard InChI is InChI=1S/C24H13F4NO/c1-30-18-7-9-22(29-13-18)16-6-5-15(20(25)11-16)4-2-14-3-8-19-17(10-14)12-21(26)24(28)23(19)27/h3,5-13H,1H3. The maximum Gasteiger partial charge on any atom is 0.195 e. The molecule has 30 heavy (non-hydrogen) atoms. The van der Waals surface area contributed by atoms with Gasteiger partial charge in [0.2, 0.25) is 0 Å². The van der Waals surface area contributed by atoms with Crippen LogP contribution in [-0.2, 0) is 0 Å². The average Bonchev–Trinajstić information content (AvgIpc) is 2.76. The lowest BCUT2D eigenvalue weighted by Gasteiger charge is -2.04. The SMILES string of the molecule is COc1ccc(-c2ccc(C#Cc3ccc4c(F)c(F)c(F)cc4c3)c(F)c2)nc1. The highest BCUT2D eigenvalue weighted by Gasteiger charge is 2.13. The van der Waals surface area contributed by atoms with Crippen molar-refractivity contribution in [3.63, 3.8) is 0 Å². The van der Waals surface area contributed by atoms with Crippen LogP contribution in [0.4, 0.5) is 17.6 Å². The second kappa shape index (κ2) is 7.88. The summed E-state index contributed by atoms with van der Waals surface area (Å²) in [6, 6.07) is 13.1. The molecule has 0 unspecified atom stereocenters. The van der Waals surface area contributed by atoms with E-state index < -0.39 is 23.3 Å². The first-order valence-electron chi connectivity index (χ1n) is 8.85. The third-order valence-electron chi connectivity index (χ3n) is 4.55. The monoisotopic (exact) mass is 407 g/mol. The van der Waals surface area contributed by atoms with E-state index in [1.165, 1.54) is 43.6 Å². The van der Waals surface area contributed by atoms with Gasteiger partial charge in [0, 0.05) is 16.5 Å². The number of fused-ring (bicyclic) bond motifs is 1. The van der Waals surface area contributed by atoms with Crippen LogP contribution in [0.2, 0.25) is 0 Å². The maximum absolute atomic E-state index is 14.5. The van der Waals surface area contributed by atoms with Gasteiger partial charge in [0.25, 0.3) is 0 Å². The fraction of sp³-hybridized carbons (Fsp3) is 0.0417. The summed E-state index contributed by atoms with van der Waals surface area (Å²) in [7, 11) is 1.53. The van der Waals surface area contributed by atoms with Crippen LogP contribution in [0.3, 0.4) is 0 Å². The molecule has 0 aliphatic heterocycles. The largest absolute Gasteiger partial charge is 0.495 e. The van der Waals surface area contributed by atoms with Crippen LogP contribution in [0, 0.1) is 35.1 Å². The van der Waals surface area contributed by atoms with E-state index in [4.69, 9.17) is 4.74 Å². The average molecular weight is 407 g/mol. The highest BCUT2D eigenvalue weighted by Crippen LogP contribution is 2.24. The van der Waals surface area contributed by atoms with Gasteiger partial charge < -0.3 is 4.74 Å². The molecule has 3 aromatic carbocycles. The fourth-order valence-corrected chi connectivity index (χ4v) is 2.97. The molecule has 6 heteroatoms. The normalized spacial score (nSPS) is 10.6. The Kier molecular flexibility index (Phi) is 5.11. The molecule has 1 heterocycles. The van der Waals surface area contributed by atoms with Gasteiger partial charge in [-0.2, -0.15) is 0 Å². The summed E-state index contributed by atoms with van der Waals surface area (Å²) in [6.07, 6.45) is 1.54. The van der Waals surface area contributed by atoms with E-state index in [0.29, 0.717) is 22.6 Å². The zero-order valence-electron chi connectivity index (χ0n) is 15.6. The summed E-state index contributed by atoms with van der Waals surface area (Å²) in [4.78, 5) is 4.22. The third-order valence-corrected chi connectivity index (χ3v) is 4.55. The number of pyridine rings is 1. The van der Waals surface area contributed by atoms with Gasteiger partial charge in [0.15, 0.2) is 17.5 Å². The van der Waals surface area contributed by atoms with Gasteiger partial charge in [-0.05, 0) is 47.9 Å². The Morgan fingerprint density at radius 2 is 1.63 bits per heavy atom. The van der Waals surface area contributed by atoms with Gasteiger partial charge in [-0.3, -0.25) is 4.98 Å². The molecular formula is C24H13F4NO. The molecule has 2 nitrogen and oxygen atoms in total. The van der Waals surface area contributed by atoms with Gasteiger partial charge in [-0.15, -0.1) is 0 Å². The first kappa shape index (κ1) is 19.5. The highest BCUT2D eigenvalue weighted by molar-refractivity contribution is 5.84. The van der Waals surface area contributed by atoms with Crippen LogP contribution in [-0.4, -0.2) is 12.1 Å². The smallest absolute Gasteiger partial charge is 0.195 e. The molecule has 148 valence electrons. The van der Waals surface area contributed by atoms with Crippen LogP contribution >= 0.6 is 0 Å². The fourth-order valence-electron chi connectivity index (χ4n) is 2.97. The quantitative estimate of drug-likeness (QED) is 0.236. The minimum absolute atomic E-state index is 0.0537. The Bertz CT molecular complexity index is 1320. The number of hydrogen-bond donors (Lipinski definition) is 0. The van der Waals surface area contributed by atoms with Crippen molar-refractivity contribution >= 4 is 10.8 Å². The lowest BCUT2D eigenvalue weighted by molar-refractivity contribution is 0.413. The van der Waals surface area contributed by atoms with Gasteiger partial charge in [0.05, 0.1) is 24.6 Å². The number of halogens is 4. The van der Waals surface area contributed by atoms with Crippen molar-refractivity contribution in [2.24, 2.45) is 0 Å². The molecule has 0 fully saturated rings. The van der Waals surface area contributed by atoms with E-state index in [2.05, 4.69) is 16.8 Å². The second-order valence-electron chi connectivity index (χ2n) is 6.45. The molecule has 1 aromatic heterocycles. The number of nitrogens with zero attached hydrogens (tertiary/aromatic N) is 1. The van der Waals surface area contributed by atoms with Crippen molar-refractivity contribution in [2.45, 2.75) is 0 Å². The molecule has 4 rings (SSSR count). The molecule has 0 saturated carbocycles. The van der Waals surface area contributed by atoms with E-state index in [1.807, 2.05) is 0 Å². The van der Waals surface area contributed by atoms with Crippen LogP contribution in [0.15, 0.2) is 60.8 Å². The lowest BCUT2D eigenvalue weighted by Crippen LogP contribution is -1.92. The Hall–Kier alpha value is -3.85. The lowest BCUT2D eigenvalue weighted by atomic mass is 10.0. The van der Waals surface area contributed by atoms with Gasteiger partial charge in [-0.1, -0.05) is 24.0 Å². The van der Waals surface area contributed by atoms with Crippen molar-refractivity contribution in [1.82, 2.24) is 4.98 Å². The predicted octanol–water partition coefficient (Wildman–Crippen LogP) is 5.87. The van der Waals surface area contributed by atoms with Crippen LogP contribution < -0.4 is 4.74 Å². The molecule has 0 bridgehead atoms. The molecule has 4 aromatic rings. The van der Waals surface area contributed by atoms with Gasteiger partial charge >= 0.3 is 0 Å². The first-order valence-corrected chi connectivity index (χ1v) is 8.85. The topological polar surface area (TPSA) is 22.1 Å². The number of aromatic nitrogens is 1. The summed E-state index contributed by atoms with van der Waals surface area (Å²) < 4.78 is 60.1. The van der Waals surface area contributed by atoms with E-state index in [-0.39, 0.29) is 16.3 Å². The van der Waals surface area contributed by atoms with Gasteiger partial charge in [-0.25, -0.2) is 17.6 Å². The van der Waals surface area contributed by atoms with Crippen molar-refractivity contribution in [2.75, 3.05) is 7.11 Å². The van der Waals surface area contributed by atoms with Crippen LogP contribution in [0.5, 0.6) is 5.75 Å². The third kappa shape index (κ3) is 3.70. The second-order valence-corrected chi connectivity index (χ2v) is 6.45. The summed E-state index contributed by atoms with van der Waals surface area (Å²) in [5, 5.41) is 0.113. The van der Waals surface area contributed by atoms with Crippen LogP contribution in [0.25, 0.3) is 22.0 Å². The maximum atomic E-state index is 14.5. The molecule has 0 radical (unpaired) electrons. The number of methoxy groups -OCH3 is 1. The number of benzene rings is 3. The van der Waals surface area contributed by atoms with Gasteiger partial charge in [0.1, 0.15) is 11.6 Å². The molecule has 0 saturated heterocycles. The van der Waals surface area contributed by atoms with E-state index in [0.717, 1.165) is 6.07 Å². The van der Waals surface area contributed by atoms with E-state index >= 15 is 0 Å². The zero-order valence-corrected chi connectivity index (χ0v) is 15.6. The van der Waals surface area contributed by atoms with E-state index in [1.54, 1.807) is 18.2 Å². The Balaban J connectivity index is 1.64. The zero-order chi connectivity index (χ0) is 21.3. The predicted molar refractivity (Wildman–Crippen MR) is 106 cm³/mol. The van der Waals surface area contributed by atoms with Crippen molar-refractivity contribution < 1.29 is 22.3 Å². The Morgan fingerprint density at radius 3 is 2.33 bits per heavy atom. The van der Waals surface area contributed by atoms with Crippen LogP contribution in [0.1, 0.15) is 11.1 Å². The Labute approximate surface area is 169 Å². The number of rotatable bonds is 2. The van der Waals surface area contributed by atoms with Crippen molar-refractivity contribution in [1.29, 1.82) is 0 Å². The number of ether oxygens (including phenoxy) is 1. The van der Waals surface area contributed by atoms with Crippen molar-refractivity contribution in [3.8, 4) is 28.8 Å². The summed E-state index contributed by atoms with van der Waals surface area (Å²) in [5.74, 6) is 1.48. The highest BCUT2D eigenvalue weighted by atomic mass is 19.2. The summed E-state index contributed by atoms with van der Waals surface area (Å²) >= 11 is 0.